The lowest BCUT2D eigenvalue weighted by atomic mass is 9.80. The van der Waals surface area contributed by atoms with Crippen LogP contribution in [0.15, 0.2) is 97.2 Å². The predicted molar refractivity (Wildman–Crippen MR) is 125 cm³/mol. The predicted octanol–water partition coefficient (Wildman–Crippen LogP) is 5.22. The van der Waals surface area contributed by atoms with Crippen LogP contribution >= 0.6 is 0 Å². The Kier molecular flexibility index (Phi) is 5.75. The van der Waals surface area contributed by atoms with Crippen LogP contribution < -0.4 is 5.73 Å². The Morgan fingerprint density at radius 1 is 0.844 bits per heavy atom. The molecule has 3 N–H and O–H groups in total. The van der Waals surface area contributed by atoms with Crippen molar-refractivity contribution in [3.63, 3.8) is 0 Å². The number of nitrogens with zero attached hydrogens (tertiary/aromatic N) is 1. The van der Waals surface area contributed by atoms with Gasteiger partial charge >= 0.3 is 0 Å². The van der Waals surface area contributed by atoms with E-state index in [-0.39, 0.29) is 12.2 Å². The number of hydrogen-bond acceptors (Lipinski definition) is 4. The van der Waals surface area contributed by atoms with E-state index >= 15 is 0 Å². The largest absolute Gasteiger partial charge is 0.384 e. The minimum absolute atomic E-state index is 0.0233. The summed E-state index contributed by atoms with van der Waals surface area (Å²) in [7, 11) is 0. The Morgan fingerprint density at radius 3 is 1.84 bits per heavy atom. The molecule has 1 aliphatic rings. The second kappa shape index (κ2) is 8.99. The third-order valence-corrected chi connectivity index (χ3v) is 6.18. The van der Waals surface area contributed by atoms with Gasteiger partial charge in [0, 0.05) is 5.56 Å². The number of rotatable bonds is 7. The van der Waals surface area contributed by atoms with Crippen molar-refractivity contribution in [2.24, 2.45) is 0 Å². The molecule has 5 heteroatoms. The standard InChI is InChI=1S/C27H27N3O2/c28-26-24(18-29-30-26)25-17-16-23(32-25)19-31-27(20-10-4-1-5-11-20,21-12-6-2-7-13-21)22-14-8-3-9-15-22/h1-15,18,23,25H,16-17,19H2,(H3,28,29,30)/t23-,25?/m1/s1. The summed E-state index contributed by atoms with van der Waals surface area (Å²) in [6.07, 6.45) is 3.48. The molecular formula is C27H27N3O2. The number of H-pyrrole nitrogens is 1. The first kappa shape index (κ1) is 20.5. The van der Waals surface area contributed by atoms with Gasteiger partial charge in [-0.3, -0.25) is 5.10 Å². The Balaban J connectivity index is 1.49. The minimum Gasteiger partial charge on any atom is -0.384 e. The second-order valence-corrected chi connectivity index (χ2v) is 8.15. The van der Waals surface area contributed by atoms with Gasteiger partial charge in [-0.15, -0.1) is 0 Å². The number of nitrogens with two attached hydrogens (primary N) is 1. The Hall–Kier alpha value is -3.41. The zero-order valence-corrected chi connectivity index (χ0v) is 17.9. The fourth-order valence-corrected chi connectivity index (χ4v) is 4.61. The van der Waals surface area contributed by atoms with Crippen LogP contribution in [0.3, 0.4) is 0 Å². The first-order valence-electron chi connectivity index (χ1n) is 11.0. The van der Waals surface area contributed by atoms with Gasteiger partial charge in [-0.1, -0.05) is 91.0 Å². The highest BCUT2D eigenvalue weighted by Gasteiger charge is 2.39. The summed E-state index contributed by atoms with van der Waals surface area (Å²) in [5.74, 6) is 0.573. The molecule has 162 valence electrons. The molecular weight excluding hydrogens is 398 g/mol. The van der Waals surface area contributed by atoms with E-state index in [0.29, 0.717) is 12.4 Å². The average Bonchev–Trinajstić information content (AvgIpc) is 3.50. The molecule has 5 rings (SSSR count). The van der Waals surface area contributed by atoms with Crippen LogP contribution in [0.1, 0.15) is 41.2 Å². The van der Waals surface area contributed by atoms with Gasteiger partial charge in [0.1, 0.15) is 11.4 Å². The third-order valence-electron chi connectivity index (χ3n) is 6.18. The zero-order chi connectivity index (χ0) is 21.8. The van der Waals surface area contributed by atoms with Gasteiger partial charge in [0.15, 0.2) is 0 Å². The van der Waals surface area contributed by atoms with Gasteiger partial charge in [-0.25, -0.2) is 0 Å². The highest BCUT2D eigenvalue weighted by atomic mass is 16.6. The van der Waals surface area contributed by atoms with Crippen LogP contribution in [0.2, 0.25) is 0 Å². The molecule has 0 radical (unpaired) electrons. The molecule has 0 saturated carbocycles. The highest BCUT2D eigenvalue weighted by Crippen LogP contribution is 2.42. The van der Waals surface area contributed by atoms with E-state index in [9.17, 15) is 0 Å². The monoisotopic (exact) mass is 425 g/mol. The summed E-state index contributed by atoms with van der Waals surface area (Å²) in [6.45, 7) is 0.465. The van der Waals surface area contributed by atoms with Crippen LogP contribution in [0, 0.1) is 0 Å². The molecule has 32 heavy (non-hydrogen) atoms. The van der Waals surface area contributed by atoms with Gasteiger partial charge < -0.3 is 15.2 Å². The number of benzene rings is 3. The number of nitrogens with one attached hydrogen (secondary N) is 1. The molecule has 5 nitrogen and oxygen atoms in total. The molecule has 1 aliphatic heterocycles. The lowest BCUT2D eigenvalue weighted by Crippen LogP contribution is -2.35. The van der Waals surface area contributed by atoms with Crippen LogP contribution in [0.4, 0.5) is 5.82 Å². The Morgan fingerprint density at radius 2 is 1.38 bits per heavy atom. The molecule has 3 aromatic carbocycles. The zero-order valence-electron chi connectivity index (χ0n) is 17.9. The molecule has 1 unspecified atom stereocenters. The van der Waals surface area contributed by atoms with Crippen molar-refractivity contribution in [1.82, 2.24) is 10.2 Å². The van der Waals surface area contributed by atoms with Gasteiger partial charge in [0.05, 0.1) is 25.0 Å². The highest BCUT2D eigenvalue weighted by molar-refractivity contribution is 5.47. The van der Waals surface area contributed by atoms with Gasteiger partial charge in [-0.2, -0.15) is 5.10 Å². The van der Waals surface area contributed by atoms with E-state index in [1.165, 1.54) is 0 Å². The average molecular weight is 426 g/mol. The van der Waals surface area contributed by atoms with Crippen molar-refractivity contribution in [3.05, 3.63) is 119 Å². The summed E-state index contributed by atoms with van der Waals surface area (Å²) in [5.41, 5.74) is 9.46. The number of aromatic nitrogens is 2. The maximum Gasteiger partial charge on any atom is 0.143 e. The SMILES string of the molecule is Nc1[nH]ncc1C1CC[C@H](COC(c2ccccc2)(c2ccccc2)c2ccccc2)O1. The van der Waals surface area contributed by atoms with Crippen molar-refractivity contribution >= 4 is 5.82 Å². The summed E-state index contributed by atoms with van der Waals surface area (Å²) in [5, 5.41) is 6.83. The maximum atomic E-state index is 6.89. The van der Waals surface area contributed by atoms with Gasteiger partial charge in [0.2, 0.25) is 0 Å². The lowest BCUT2D eigenvalue weighted by Gasteiger charge is -2.36. The van der Waals surface area contributed by atoms with Crippen LogP contribution in [0.25, 0.3) is 0 Å². The van der Waals surface area contributed by atoms with Crippen molar-refractivity contribution in [1.29, 1.82) is 0 Å². The fraction of sp³-hybridized carbons (Fsp3) is 0.222. The van der Waals surface area contributed by atoms with Gasteiger partial charge in [0.25, 0.3) is 0 Å². The van der Waals surface area contributed by atoms with E-state index in [1.807, 2.05) is 18.2 Å². The molecule has 1 fully saturated rings. The molecule has 4 aromatic rings. The summed E-state index contributed by atoms with van der Waals surface area (Å²) >= 11 is 0. The molecule has 0 amide bonds. The van der Waals surface area contributed by atoms with Crippen LogP contribution in [0.5, 0.6) is 0 Å². The molecule has 2 atom stereocenters. The lowest BCUT2D eigenvalue weighted by molar-refractivity contribution is -0.0621. The Labute approximate surface area is 188 Å². The topological polar surface area (TPSA) is 73.2 Å². The first-order chi connectivity index (χ1) is 15.8. The normalized spacial score (nSPS) is 18.6. The van der Waals surface area contributed by atoms with E-state index in [2.05, 4.69) is 83.0 Å². The second-order valence-electron chi connectivity index (χ2n) is 8.15. The first-order valence-corrected chi connectivity index (χ1v) is 11.0. The molecule has 1 saturated heterocycles. The van der Waals surface area contributed by atoms with Crippen molar-refractivity contribution in [2.45, 2.75) is 30.7 Å². The summed E-state index contributed by atoms with van der Waals surface area (Å²) in [6, 6.07) is 31.2. The van der Waals surface area contributed by atoms with Crippen molar-refractivity contribution < 1.29 is 9.47 Å². The molecule has 2 heterocycles. The Bertz CT molecular complexity index is 1030. The molecule has 0 aliphatic carbocycles. The van der Waals surface area contributed by atoms with Crippen LogP contribution in [-0.2, 0) is 15.1 Å². The van der Waals surface area contributed by atoms with Crippen molar-refractivity contribution in [2.75, 3.05) is 12.3 Å². The van der Waals surface area contributed by atoms with E-state index < -0.39 is 5.60 Å². The smallest absolute Gasteiger partial charge is 0.143 e. The number of nitrogen functional groups attached to an aromatic ring is 1. The third kappa shape index (κ3) is 3.81. The molecule has 0 spiro atoms. The van der Waals surface area contributed by atoms with Crippen molar-refractivity contribution in [3.8, 4) is 0 Å². The fourth-order valence-electron chi connectivity index (χ4n) is 4.61. The number of aromatic amines is 1. The minimum atomic E-state index is -0.736. The van der Waals surface area contributed by atoms with Crippen LogP contribution in [-0.4, -0.2) is 22.9 Å². The quantitative estimate of drug-likeness (QED) is 0.398. The summed E-state index contributed by atoms with van der Waals surface area (Å²) in [4.78, 5) is 0. The van der Waals surface area contributed by atoms with Gasteiger partial charge in [-0.05, 0) is 29.5 Å². The summed E-state index contributed by atoms with van der Waals surface area (Å²) < 4.78 is 13.2. The number of hydrogen-bond donors (Lipinski definition) is 2. The van der Waals surface area contributed by atoms with E-state index in [0.717, 1.165) is 35.1 Å². The molecule has 1 aromatic heterocycles. The molecule has 0 bridgehead atoms. The van der Waals surface area contributed by atoms with E-state index in [4.69, 9.17) is 15.2 Å². The maximum absolute atomic E-state index is 6.89. The number of ether oxygens (including phenoxy) is 2. The van der Waals surface area contributed by atoms with E-state index in [1.54, 1.807) is 6.20 Å². The number of anilines is 1.